The lowest BCUT2D eigenvalue weighted by atomic mass is 9.96. The Kier molecular flexibility index (Phi) is 3.92. The van der Waals surface area contributed by atoms with Gasteiger partial charge >= 0.3 is 0 Å². The van der Waals surface area contributed by atoms with Crippen molar-refractivity contribution in [1.82, 2.24) is 9.97 Å². The Bertz CT molecular complexity index is 443. The molecular formula is C15H22ClN3. The molecule has 1 saturated heterocycles. The van der Waals surface area contributed by atoms with E-state index in [1.807, 2.05) is 6.07 Å². The molecule has 19 heavy (non-hydrogen) atoms. The van der Waals surface area contributed by atoms with Crippen LogP contribution in [0.5, 0.6) is 0 Å². The molecule has 2 heterocycles. The fraction of sp³-hybridized carbons (Fsp3) is 0.733. The summed E-state index contributed by atoms with van der Waals surface area (Å²) in [7, 11) is 0. The molecule has 0 amide bonds. The van der Waals surface area contributed by atoms with Crippen molar-refractivity contribution < 1.29 is 0 Å². The molecule has 1 aliphatic heterocycles. The van der Waals surface area contributed by atoms with Crippen molar-refractivity contribution in [2.75, 3.05) is 11.4 Å². The van der Waals surface area contributed by atoms with Gasteiger partial charge in [0.1, 0.15) is 16.8 Å². The van der Waals surface area contributed by atoms with Crippen molar-refractivity contribution in [3.05, 3.63) is 17.0 Å². The van der Waals surface area contributed by atoms with E-state index in [2.05, 4.69) is 21.8 Å². The van der Waals surface area contributed by atoms with Gasteiger partial charge in [0.25, 0.3) is 0 Å². The molecule has 3 nitrogen and oxygen atoms in total. The van der Waals surface area contributed by atoms with Gasteiger partial charge in [0, 0.05) is 25.1 Å². The van der Waals surface area contributed by atoms with Gasteiger partial charge in [0.2, 0.25) is 0 Å². The maximum Gasteiger partial charge on any atom is 0.134 e. The highest BCUT2D eigenvalue weighted by molar-refractivity contribution is 6.29. The van der Waals surface area contributed by atoms with Crippen molar-refractivity contribution >= 4 is 17.4 Å². The van der Waals surface area contributed by atoms with Crippen LogP contribution in [-0.4, -0.2) is 22.6 Å². The van der Waals surface area contributed by atoms with Gasteiger partial charge in [0.15, 0.2) is 0 Å². The number of aromatic nitrogens is 2. The number of aryl methyl sites for hydroxylation is 1. The minimum absolute atomic E-state index is 0.582. The van der Waals surface area contributed by atoms with E-state index in [-0.39, 0.29) is 0 Å². The maximum atomic E-state index is 6.14. The van der Waals surface area contributed by atoms with Crippen LogP contribution in [0.25, 0.3) is 0 Å². The van der Waals surface area contributed by atoms with E-state index in [0.717, 1.165) is 30.5 Å². The first-order valence-corrected chi connectivity index (χ1v) is 7.96. The van der Waals surface area contributed by atoms with Gasteiger partial charge in [-0.25, -0.2) is 9.97 Å². The third kappa shape index (κ3) is 2.71. The van der Waals surface area contributed by atoms with Crippen molar-refractivity contribution in [3.8, 4) is 0 Å². The first-order valence-electron chi connectivity index (χ1n) is 7.58. The summed E-state index contributed by atoms with van der Waals surface area (Å²) in [6.07, 6.45) is 9.02. The summed E-state index contributed by atoms with van der Waals surface area (Å²) in [6, 6.07) is 2.62. The molecule has 3 rings (SSSR count). The van der Waals surface area contributed by atoms with Crippen LogP contribution in [0.2, 0.25) is 5.15 Å². The zero-order valence-corrected chi connectivity index (χ0v) is 12.4. The minimum Gasteiger partial charge on any atom is -0.353 e. The standard InChI is InChI=1S/C15H22ClN3/c1-2-14-17-13(16)10-15(18-14)19-9-5-8-12(19)11-6-3-4-7-11/h10-12H,2-9H2,1H3. The molecule has 0 radical (unpaired) electrons. The van der Waals surface area contributed by atoms with E-state index in [9.17, 15) is 0 Å². The SMILES string of the molecule is CCc1nc(Cl)cc(N2CCCC2C2CCCC2)n1. The molecule has 2 fully saturated rings. The van der Waals surface area contributed by atoms with Crippen LogP contribution in [0, 0.1) is 5.92 Å². The van der Waals surface area contributed by atoms with Gasteiger partial charge in [-0.2, -0.15) is 0 Å². The van der Waals surface area contributed by atoms with E-state index < -0.39 is 0 Å². The summed E-state index contributed by atoms with van der Waals surface area (Å²) in [5, 5.41) is 0.582. The van der Waals surface area contributed by atoms with Crippen LogP contribution in [0.1, 0.15) is 51.3 Å². The molecule has 1 aromatic rings. The Balaban J connectivity index is 1.85. The Morgan fingerprint density at radius 2 is 2.00 bits per heavy atom. The second kappa shape index (κ2) is 5.66. The Labute approximate surface area is 120 Å². The predicted octanol–water partition coefficient (Wildman–Crippen LogP) is 3.85. The molecule has 1 saturated carbocycles. The van der Waals surface area contributed by atoms with Crippen molar-refractivity contribution in [2.24, 2.45) is 5.92 Å². The highest BCUT2D eigenvalue weighted by Crippen LogP contribution is 2.37. The molecule has 0 spiro atoms. The van der Waals surface area contributed by atoms with Crippen LogP contribution in [0.3, 0.4) is 0 Å². The highest BCUT2D eigenvalue weighted by atomic mass is 35.5. The highest BCUT2D eigenvalue weighted by Gasteiger charge is 2.34. The van der Waals surface area contributed by atoms with E-state index in [1.165, 1.54) is 38.5 Å². The first-order chi connectivity index (χ1) is 9.28. The smallest absolute Gasteiger partial charge is 0.134 e. The van der Waals surface area contributed by atoms with Gasteiger partial charge in [0.05, 0.1) is 0 Å². The normalized spacial score (nSPS) is 24.3. The Morgan fingerprint density at radius 3 is 2.74 bits per heavy atom. The van der Waals surface area contributed by atoms with E-state index in [4.69, 9.17) is 11.6 Å². The minimum atomic E-state index is 0.582. The van der Waals surface area contributed by atoms with E-state index >= 15 is 0 Å². The lowest BCUT2D eigenvalue weighted by molar-refractivity contribution is 0.429. The van der Waals surface area contributed by atoms with Crippen LogP contribution < -0.4 is 4.90 Å². The summed E-state index contributed by atoms with van der Waals surface area (Å²) in [5.41, 5.74) is 0. The number of hydrogen-bond donors (Lipinski definition) is 0. The van der Waals surface area contributed by atoms with Gasteiger partial charge in [-0.3, -0.25) is 0 Å². The van der Waals surface area contributed by atoms with Gasteiger partial charge in [-0.15, -0.1) is 0 Å². The predicted molar refractivity (Wildman–Crippen MR) is 78.7 cm³/mol. The zero-order chi connectivity index (χ0) is 13.2. The average Bonchev–Trinajstić information content (AvgIpc) is 3.08. The van der Waals surface area contributed by atoms with Crippen molar-refractivity contribution in [2.45, 2.75) is 57.9 Å². The monoisotopic (exact) mass is 279 g/mol. The summed E-state index contributed by atoms with van der Waals surface area (Å²) >= 11 is 6.14. The molecule has 1 unspecified atom stereocenters. The molecule has 104 valence electrons. The topological polar surface area (TPSA) is 29.0 Å². The third-order valence-electron chi connectivity index (χ3n) is 4.58. The third-order valence-corrected chi connectivity index (χ3v) is 4.78. The fourth-order valence-electron chi connectivity index (χ4n) is 3.67. The van der Waals surface area contributed by atoms with E-state index in [0.29, 0.717) is 11.2 Å². The maximum absolute atomic E-state index is 6.14. The molecule has 0 aromatic carbocycles. The number of hydrogen-bond acceptors (Lipinski definition) is 3. The largest absolute Gasteiger partial charge is 0.353 e. The van der Waals surface area contributed by atoms with Crippen molar-refractivity contribution in [3.63, 3.8) is 0 Å². The van der Waals surface area contributed by atoms with Gasteiger partial charge in [-0.1, -0.05) is 31.4 Å². The first kappa shape index (κ1) is 13.2. The van der Waals surface area contributed by atoms with Crippen LogP contribution in [0.15, 0.2) is 6.07 Å². The lowest BCUT2D eigenvalue weighted by Crippen LogP contribution is -2.35. The summed E-state index contributed by atoms with van der Waals surface area (Å²) in [4.78, 5) is 11.4. The second-order valence-electron chi connectivity index (χ2n) is 5.77. The Hall–Kier alpha value is -0.830. The summed E-state index contributed by atoms with van der Waals surface area (Å²) < 4.78 is 0. The zero-order valence-electron chi connectivity index (χ0n) is 11.6. The molecular weight excluding hydrogens is 258 g/mol. The molecule has 1 aliphatic carbocycles. The summed E-state index contributed by atoms with van der Waals surface area (Å²) in [6.45, 7) is 3.20. The Morgan fingerprint density at radius 1 is 1.21 bits per heavy atom. The fourth-order valence-corrected chi connectivity index (χ4v) is 3.86. The van der Waals surface area contributed by atoms with Gasteiger partial charge in [-0.05, 0) is 31.6 Å². The lowest BCUT2D eigenvalue weighted by Gasteiger charge is -2.30. The number of halogens is 1. The second-order valence-corrected chi connectivity index (χ2v) is 6.15. The molecule has 2 aliphatic rings. The quantitative estimate of drug-likeness (QED) is 0.787. The molecule has 0 bridgehead atoms. The summed E-state index contributed by atoms with van der Waals surface area (Å²) in [5.74, 6) is 2.77. The van der Waals surface area contributed by atoms with Crippen molar-refractivity contribution in [1.29, 1.82) is 0 Å². The molecule has 4 heteroatoms. The van der Waals surface area contributed by atoms with Crippen LogP contribution in [0.4, 0.5) is 5.82 Å². The van der Waals surface area contributed by atoms with E-state index in [1.54, 1.807) is 0 Å². The van der Waals surface area contributed by atoms with Crippen LogP contribution in [-0.2, 0) is 6.42 Å². The molecule has 0 N–H and O–H groups in total. The molecule has 1 atom stereocenters. The number of rotatable bonds is 3. The van der Waals surface area contributed by atoms with Gasteiger partial charge < -0.3 is 4.90 Å². The average molecular weight is 280 g/mol. The van der Waals surface area contributed by atoms with Crippen LogP contribution >= 0.6 is 11.6 Å². The molecule has 1 aromatic heterocycles. The number of anilines is 1. The number of nitrogens with zero attached hydrogens (tertiary/aromatic N) is 3.